The van der Waals surface area contributed by atoms with Gasteiger partial charge in [-0.3, -0.25) is 4.79 Å². The molecule has 0 amide bonds. The molecule has 0 rings (SSSR count). The molecule has 0 heterocycles. The van der Waals surface area contributed by atoms with Gasteiger partial charge >= 0.3 is 17.9 Å². The maximum Gasteiger partial charge on any atom is 0.331 e. The van der Waals surface area contributed by atoms with Crippen molar-refractivity contribution in [2.75, 3.05) is 0 Å². The highest BCUT2D eigenvalue weighted by atomic mass is 16.7. The summed E-state index contributed by atoms with van der Waals surface area (Å²) in [5, 5.41) is 34.1. The molecule has 0 fully saturated rings. The van der Waals surface area contributed by atoms with Crippen molar-refractivity contribution < 1.29 is 34.8 Å². The van der Waals surface area contributed by atoms with E-state index in [1.165, 1.54) is 0 Å². The molecule has 0 radical (unpaired) electrons. The quantitative estimate of drug-likeness (QED) is 0.254. The molecule has 1 atom stereocenters. The summed E-state index contributed by atoms with van der Waals surface area (Å²) in [4.78, 5) is 21.2. The van der Waals surface area contributed by atoms with Gasteiger partial charge in [0, 0.05) is 5.57 Å². The number of aliphatic hydroxyl groups is 3. The molecule has 0 saturated carbocycles. The Morgan fingerprint density at radius 1 is 1.40 bits per heavy atom. The number of carbonyl (C=O) groups is 2. The van der Waals surface area contributed by atoms with Gasteiger partial charge < -0.3 is 25.2 Å². The van der Waals surface area contributed by atoms with E-state index in [2.05, 4.69) is 11.3 Å². The van der Waals surface area contributed by atoms with Gasteiger partial charge in [0.15, 0.2) is 6.10 Å². The van der Waals surface area contributed by atoms with Crippen LogP contribution in [0.25, 0.3) is 0 Å². The molecule has 0 aliphatic rings. The van der Waals surface area contributed by atoms with Crippen molar-refractivity contribution in [3.8, 4) is 0 Å². The Morgan fingerprint density at radius 2 is 1.87 bits per heavy atom. The largest absolute Gasteiger partial charge is 0.478 e. The number of carboxylic acids is 1. The highest BCUT2D eigenvalue weighted by Crippen LogP contribution is 2.09. The third-order valence-electron chi connectivity index (χ3n) is 1.51. The third kappa shape index (κ3) is 5.11. The van der Waals surface area contributed by atoms with E-state index in [4.69, 9.17) is 20.4 Å². The molecule has 0 aliphatic carbocycles. The minimum absolute atomic E-state index is 0.397. The van der Waals surface area contributed by atoms with Gasteiger partial charge in [-0.2, -0.15) is 0 Å². The van der Waals surface area contributed by atoms with Crippen molar-refractivity contribution in [2.45, 2.75) is 25.4 Å². The molecule has 7 heteroatoms. The number of hydrogen-bond donors (Lipinski definition) is 4. The third-order valence-corrected chi connectivity index (χ3v) is 1.51. The number of hydrogen-bond acceptors (Lipinski definition) is 6. The number of carbonyl (C=O) groups excluding carboxylic acids is 1. The Labute approximate surface area is 85.2 Å². The van der Waals surface area contributed by atoms with E-state index < -0.39 is 36.0 Å². The van der Waals surface area contributed by atoms with E-state index in [0.717, 1.165) is 6.92 Å². The lowest BCUT2D eigenvalue weighted by Gasteiger charge is -2.21. The summed E-state index contributed by atoms with van der Waals surface area (Å²) in [5.41, 5.74) is -0.397. The first-order chi connectivity index (χ1) is 6.64. The number of carboxylic acid groups (broad SMARTS) is 1. The highest BCUT2D eigenvalue weighted by molar-refractivity contribution is 5.91. The second kappa shape index (κ2) is 4.87. The lowest BCUT2D eigenvalue weighted by atomic mass is 10.2. The van der Waals surface area contributed by atoms with Crippen LogP contribution in [0.5, 0.6) is 0 Å². The number of ether oxygens (including phenoxy) is 1. The molecule has 0 saturated heterocycles. The second-order valence-corrected chi connectivity index (χ2v) is 2.90. The maximum absolute atomic E-state index is 10.9. The molecular formula is C8H12O7. The van der Waals surface area contributed by atoms with Crippen molar-refractivity contribution in [3.05, 3.63) is 12.2 Å². The van der Waals surface area contributed by atoms with Crippen LogP contribution in [-0.2, 0) is 14.3 Å². The SMILES string of the molecule is C=C(CC(=O)OC(C)C(O)(O)O)C(=O)O. The van der Waals surface area contributed by atoms with Gasteiger partial charge in [-0.1, -0.05) is 6.58 Å². The lowest BCUT2D eigenvalue weighted by Crippen LogP contribution is -2.42. The normalized spacial score (nSPS) is 13.1. The van der Waals surface area contributed by atoms with E-state index in [9.17, 15) is 9.59 Å². The Morgan fingerprint density at radius 3 is 2.20 bits per heavy atom. The molecule has 86 valence electrons. The van der Waals surface area contributed by atoms with E-state index >= 15 is 0 Å². The zero-order valence-corrected chi connectivity index (χ0v) is 8.01. The Bertz CT molecular complexity index is 275. The van der Waals surface area contributed by atoms with Crippen LogP contribution >= 0.6 is 0 Å². The average molecular weight is 220 g/mol. The molecule has 7 nitrogen and oxygen atoms in total. The first-order valence-corrected chi connectivity index (χ1v) is 3.92. The van der Waals surface area contributed by atoms with Crippen LogP contribution in [0.3, 0.4) is 0 Å². The first kappa shape index (κ1) is 13.6. The number of rotatable bonds is 5. The van der Waals surface area contributed by atoms with Crippen LogP contribution in [0.4, 0.5) is 0 Å². The van der Waals surface area contributed by atoms with E-state index in [1.54, 1.807) is 0 Å². The van der Waals surface area contributed by atoms with Crippen molar-refractivity contribution >= 4 is 11.9 Å². The predicted octanol–water partition coefficient (Wildman–Crippen LogP) is -1.42. The van der Waals surface area contributed by atoms with E-state index in [-0.39, 0.29) is 0 Å². The van der Waals surface area contributed by atoms with Gasteiger partial charge in [0.25, 0.3) is 0 Å². The first-order valence-electron chi connectivity index (χ1n) is 3.92. The Hall–Kier alpha value is -1.44. The summed E-state index contributed by atoms with van der Waals surface area (Å²) in [6.45, 7) is 4.10. The van der Waals surface area contributed by atoms with Gasteiger partial charge in [-0.15, -0.1) is 0 Å². The second-order valence-electron chi connectivity index (χ2n) is 2.90. The van der Waals surface area contributed by atoms with Crippen molar-refractivity contribution in [1.82, 2.24) is 0 Å². The van der Waals surface area contributed by atoms with Gasteiger partial charge in [0.05, 0.1) is 6.42 Å². The average Bonchev–Trinajstić information content (AvgIpc) is 2.01. The van der Waals surface area contributed by atoms with Crippen LogP contribution < -0.4 is 0 Å². The van der Waals surface area contributed by atoms with Crippen molar-refractivity contribution in [2.24, 2.45) is 0 Å². The minimum atomic E-state index is -3.15. The molecule has 0 bridgehead atoms. The fraction of sp³-hybridized carbons (Fsp3) is 0.500. The summed E-state index contributed by atoms with van der Waals surface area (Å²) in [6.07, 6.45) is -2.19. The molecule has 0 aromatic rings. The lowest BCUT2D eigenvalue weighted by molar-refractivity contribution is -0.352. The van der Waals surface area contributed by atoms with Crippen LogP contribution in [0.15, 0.2) is 12.2 Å². The molecule has 1 unspecified atom stereocenters. The minimum Gasteiger partial charge on any atom is -0.478 e. The zero-order chi connectivity index (χ0) is 12.2. The standard InChI is InChI=1S/C8H12O7/c1-4(7(10)11)3-6(9)15-5(2)8(12,13)14/h5,12-14H,1,3H2,2H3,(H,10,11). The van der Waals surface area contributed by atoms with Gasteiger partial charge in [-0.25, -0.2) is 4.79 Å². The van der Waals surface area contributed by atoms with Crippen molar-refractivity contribution in [1.29, 1.82) is 0 Å². The fourth-order valence-corrected chi connectivity index (χ4v) is 0.568. The smallest absolute Gasteiger partial charge is 0.331 e. The van der Waals surface area contributed by atoms with Crippen LogP contribution in [0.2, 0.25) is 0 Å². The molecule has 0 spiro atoms. The maximum atomic E-state index is 10.9. The Kier molecular flexibility index (Phi) is 4.40. The van der Waals surface area contributed by atoms with Crippen LogP contribution in [0, 0.1) is 0 Å². The highest BCUT2D eigenvalue weighted by Gasteiger charge is 2.31. The molecule has 0 aromatic carbocycles. The molecule has 0 aromatic heterocycles. The topological polar surface area (TPSA) is 124 Å². The predicted molar refractivity (Wildman–Crippen MR) is 46.3 cm³/mol. The summed E-state index contributed by atoms with van der Waals surface area (Å²) >= 11 is 0. The summed E-state index contributed by atoms with van der Waals surface area (Å²) in [6, 6.07) is 0. The fourth-order valence-electron chi connectivity index (χ4n) is 0.568. The monoisotopic (exact) mass is 220 g/mol. The summed E-state index contributed by atoms with van der Waals surface area (Å²) in [5.74, 6) is -5.54. The molecule has 0 aliphatic heterocycles. The summed E-state index contributed by atoms with van der Waals surface area (Å²) < 4.78 is 4.32. The van der Waals surface area contributed by atoms with Crippen molar-refractivity contribution in [3.63, 3.8) is 0 Å². The van der Waals surface area contributed by atoms with Gasteiger partial charge in [0.1, 0.15) is 0 Å². The zero-order valence-electron chi connectivity index (χ0n) is 8.01. The van der Waals surface area contributed by atoms with Gasteiger partial charge in [-0.05, 0) is 6.92 Å². The molecular weight excluding hydrogens is 208 g/mol. The number of aliphatic carboxylic acids is 1. The van der Waals surface area contributed by atoms with Crippen LogP contribution in [-0.4, -0.2) is 44.4 Å². The Balaban J connectivity index is 4.17. The molecule has 4 N–H and O–H groups in total. The van der Waals surface area contributed by atoms with Crippen LogP contribution in [0.1, 0.15) is 13.3 Å². The van der Waals surface area contributed by atoms with E-state index in [1.807, 2.05) is 0 Å². The molecule has 15 heavy (non-hydrogen) atoms. The van der Waals surface area contributed by atoms with E-state index in [0.29, 0.717) is 0 Å². The van der Waals surface area contributed by atoms with Gasteiger partial charge in [0.2, 0.25) is 0 Å². The number of esters is 1. The summed E-state index contributed by atoms with van der Waals surface area (Å²) in [7, 11) is 0.